The van der Waals surface area contributed by atoms with Crippen molar-refractivity contribution in [1.82, 2.24) is 9.29 Å². The van der Waals surface area contributed by atoms with Crippen molar-refractivity contribution in [1.29, 1.82) is 0 Å². The minimum Gasteiger partial charge on any atom is -0.495 e. The van der Waals surface area contributed by atoms with Crippen LogP contribution in [0.15, 0.2) is 47.5 Å². The van der Waals surface area contributed by atoms with Gasteiger partial charge < -0.3 is 9.47 Å². The molecule has 144 valence electrons. The predicted molar refractivity (Wildman–Crippen MR) is 102 cm³/mol. The van der Waals surface area contributed by atoms with Crippen LogP contribution >= 0.6 is 11.6 Å². The first-order valence-corrected chi connectivity index (χ1v) is 10.8. The molecule has 1 aromatic carbocycles. The molecule has 2 bridgehead atoms. The monoisotopic (exact) mass is 408 g/mol. The second-order valence-electron chi connectivity index (χ2n) is 6.89. The van der Waals surface area contributed by atoms with Gasteiger partial charge in [0.2, 0.25) is 15.9 Å². The number of rotatable bonds is 5. The van der Waals surface area contributed by atoms with Gasteiger partial charge in [0.05, 0.1) is 7.11 Å². The van der Waals surface area contributed by atoms with E-state index in [2.05, 4.69) is 4.98 Å². The maximum atomic E-state index is 13.4. The summed E-state index contributed by atoms with van der Waals surface area (Å²) in [6, 6.07) is 10.0. The zero-order valence-corrected chi connectivity index (χ0v) is 16.5. The van der Waals surface area contributed by atoms with Crippen molar-refractivity contribution >= 4 is 21.6 Å². The largest absolute Gasteiger partial charge is 0.495 e. The van der Waals surface area contributed by atoms with E-state index in [1.54, 1.807) is 22.6 Å². The lowest BCUT2D eigenvalue weighted by molar-refractivity contribution is 0.0917. The molecule has 8 heteroatoms. The summed E-state index contributed by atoms with van der Waals surface area (Å²) in [5.74, 6) is 0.889. The molecule has 0 spiro atoms. The molecule has 0 N–H and O–H groups in total. The lowest BCUT2D eigenvalue weighted by Crippen LogP contribution is -2.49. The zero-order valence-electron chi connectivity index (χ0n) is 14.9. The average molecular weight is 409 g/mol. The maximum absolute atomic E-state index is 13.4. The van der Waals surface area contributed by atoms with Crippen LogP contribution in [-0.4, -0.2) is 43.0 Å². The smallest absolute Gasteiger partial charge is 0.247 e. The van der Waals surface area contributed by atoms with E-state index in [1.807, 2.05) is 18.2 Å². The predicted octanol–water partition coefficient (Wildman–Crippen LogP) is 3.51. The molecule has 1 aromatic heterocycles. The van der Waals surface area contributed by atoms with Crippen LogP contribution in [0.2, 0.25) is 5.02 Å². The minimum atomic E-state index is -3.71. The van der Waals surface area contributed by atoms with E-state index in [0.717, 1.165) is 12.8 Å². The number of aromatic nitrogens is 1. The minimum absolute atomic E-state index is 0.0369. The maximum Gasteiger partial charge on any atom is 0.247 e. The molecule has 4 rings (SSSR count). The fourth-order valence-corrected chi connectivity index (χ4v) is 6.44. The Morgan fingerprint density at radius 2 is 1.89 bits per heavy atom. The number of sulfonamides is 1. The molecule has 2 unspecified atom stereocenters. The van der Waals surface area contributed by atoms with Crippen molar-refractivity contribution in [3.8, 4) is 11.6 Å². The summed E-state index contributed by atoms with van der Waals surface area (Å²) >= 11 is 6.06. The molecule has 3 heterocycles. The fraction of sp³-hybridized carbons (Fsp3) is 0.421. The van der Waals surface area contributed by atoms with Gasteiger partial charge in [-0.1, -0.05) is 17.7 Å². The molecule has 6 nitrogen and oxygen atoms in total. The van der Waals surface area contributed by atoms with Crippen molar-refractivity contribution in [3.05, 3.63) is 47.6 Å². The Labute approximate surface area is 164 Å². The van der Waals surface area contributed by atoms with E-state index in [-0.39, 0.29) is 23.1 Å². The molecule has 2 aromatic rings. The number of methoxy groups -OCH3 is 1. The van der Waals surface area contributed by atoms with Crippen LogP contribution < -0.4 is 9.47 Å². The van der Waals surface area contributed by atoms with Gasteiger partial charge in [-0.05, 0) is 37.1 Å². The number of hydrogen-bond donors (Lipinski definition) is 0. The first-order chi connectivity index (χ1) is 13.0. The highest BCUT2D eigenvalue weighted by molar-refractivity contribution is 7.89. The highest BCUT2D eigenvalue weighted by Crippen LogP contribution is 2.42. The summed E-state index contributed by atoms with van der Waals surface area (Å²) in [6.07, 6.45) is 4.60. The number of pyridine rings is 1. The first kappa shape index (κ1) is 18.5. The molecular weight excluding hydrogens is 388 g/mol. The van der Waals surface area contributed by atoms with E-state index < -0.39 is 10.0 Å². The first-order valence-electron chi connectivity index (χ1n) is 8.94. The number of nitrogens with zero attached hydrogens (tertiary/aromatic N) is 2. The van der Waals surface area contributed by atoms with Gasteiger partial charge in [0.15, 0.2) is 0 Å². The SMILES string of the molecule is COc1ccc(Cl)cc1S(=O)(=O)N1C2CCC1CC(Oc1ccccn1)C2. The van der Waals surface area contributed by atoms with Crippen molar-refractivity contribution in [2.45, 2.75) is 48.8 Å². The van der Waals surface area contributed by atoms with Crippen LogP contribution in [0, 0.1) is 0 Å². The van der Waals surface area contributed by atoms with Gasteiger partial charge in [-0.3, -0.25) is 0 Å². The molecule has 2 atom stereocenters. The number of piperidine rings is 1. The van der Waals surface area contributed by atoms with Crippen LogP contribution in [0.5, 0.6) is 11.6 Å². The van der Waals surface area contributed by atoms with Gasteiger partial charge in [0.25, 0.3) is 0 Å². The van der Waals surface area contributed by atoms with E-state index in [0.29, 0.717) is 29.5 Å². The molecule has 0 radical (unpaired) electrons. The number of ether oxygens (including phenoxy) is 2. The third kappa shape index (κ3) is 3.51. The molecule has 0 saturated carbocycles. The Morgan fingerprint density at radius 3 is 2.52 bits per heavy atom. The van der Waals surface area contributed by atoms with E-state index in [9.17, 15) is 8.42 Å². The summed E-state index contributed by atoms with van der Waals surface area (Å²) in [4.78, 5) is 4.33. The molecule has 27 heavy (non-hydrogen) atoms. The van der Waals surface area contributed by atoms with Gasteiger partial charge in [-0.2, -0.15) is 4.31 Å². The second kappa shape index (κ2) is 7.30. The lowest BCUT2D eigenvalue weighted by Gasteiger charge is -2.37. The number of halogens is 1. The highest BCUT2D eigenvalue weighted by Gasteiger charge is 2.48. The normalized spacial score (nSPS) is 25.3. The van der Waals surface area contributed by atoms with E-state index in [1.165, 1.54) is 13.2 Å². The summed E-state index contributed by atoms with van der Waals surface area (Å²) in [7, 11) is -2.24. The van der Waals surface area contributed by atoms with Crippen molar-refractivity contribution in [2.24, 2.45) is 0 Å². The van der Waals surface area contributed by atoms with Gasteiger partial charge in [0, 0.05) is 42.2 Å². The number of benzene rings is 1. The molecular formula is C19H21ClN2O4S. The summed E-state index contributed by atoms with van der Waals surface area (Å²) in [5, 5.41) is 0.370. The van der Waals surface area contributed by atoms with Crippen LogP contribution in [0.3, 0.4) is 0 Å². The van der Waals surface area contributed by atoms with Crippen LogP contribution in [-0.2, 0) is 10.0 Å². The Hall–Kier alpha value is -1.83. The quantitative estimate of drug-likeness (QED) is 0.757. The molecule has 0 amide bonds. The molecule has 2 aliphatic rings. The number of fused-ring (bicyclic) bond motifs is 2. The third-order valence-electron chi connectivity index (χ3n) is 5.23. The summed E-state index contributed by atoms with van der Waals surface area (Å²) in [5.41, 5.74) is 0. The van der Waals surface area contributed by atoms with Crippen molar-refractivity contribution in [2.75, 3.05) is 7.11 Å². The Balaban J connectivity index is 1.58. The van der Waals surface area contributed by atoms with Gasteiger partial charge in [0.1, 0.15) is 16.7 Å². The molecule has 2 fully saturated rings. The average Bonchev–Trinajstić information content (AvgIpc) is 2.95. The van der Waals surface area contributed by atoms with E-state index in [4.69, 9.17) is 21.1 Å². The van der Waals surface area contributed by atoms with Crippen LogP contribution in [0.25, 0.3) is 0 Å². The standard InChI is InChI=1S/C19H21ClN2O4S/c1-25-17-8-5-13(20)10-18(17)27(23,24)22-14-6-7-15(22)12-16(11-14)26-19-4-2-3-9-21-19/h2-5,8-10,14-16H,6-7,11-12H2,1H3. The summed E-state index contributed by atoms with van der Waals surface area (Å²) < 4.78 is 39.7. The van der Waals surface area contributed by atoms with Crippen LogP contribution in [0.4, 0.5) is 0 Å². The molecule has 2 aliphatic heterocycles. The van der Waals surface area contributed by atoms with Crippen LogP contribution in [0.1, 0.15) is 25.7 Å². The van der Waals surface area contributed by atoms with Crippen molar-refractivity contribution in [3.63, 3.8) is 0 Å². The highest BCUT2D eigenvalue weighted by atomic mass is 35.5. The van der Waals surface area contributed by atoms with Crippen molar-refractivity contribution < 1.29 is 17.9 Å². The van der Waals surface area contributed by atoms with Gasteiger partial charge >= 0.3 is 0 Å². The number of hydrogen-bond acceptors (Lipinski definition) is 5. The second-order valence-corrected chi connectivity index (χ2v) is 9.14. The topological polar surface area (TPSA) is 68.7 Å². The Kier molecular flexibility index (Phi) is 5.01. The fourth-order valence-electron chi connectivity index (χ4n) is 4.13. The summed E-state index contributed by atoms with van der Waals surface area (Å²) in [6.45, 7) is 0. The lowest BCUT2D eigenvalue weighted by atomic mass is 10.0. The van der Waals surface area contributed by atoms with E-state index >= 15 is 0 Å². The Bertz CT molecular complexity index is 909. The molecule has 2 saturated heterocycles. The van der Waals surface area contributed by atoms with Gasteiger partial charge in [-0.15, -0.1) is 0 Å². The Morgan fingerprint density at radius 1 is 1.15 bits per heavy atom. The van der Waals surface area contributed by atoms with Gasteiger partial charge in [-0.25, -0.2) is 13.4 Å². The molecule has 0 aliphatic carbocycles. The third-order valence-corrected chi connectivity index (χ3v) is 7.49. The zero-order chi connectivity index (χ0) is 19.0.